The summed E-state index contributed by atoms with van der Waals surface area (Å²) in [5.41, 5.74) is 3.43. The maximum absolute atomic E-state index is 13.5. The van der Waals surface area contributed by atoms with Crippen LogP contribution in [0.3, 0.4) is 0 Å². The van der Waals surface area contributed by atoms with Crippen LogP contribution < -0.4 is 10.1 Å². The van der Waals surface area contributed by atoms with Crippen molar-refractivity contribution in [2.24, 2.45) is 0 Å². The number of hydrogen-bond acceptors (Lipinski definition) is 4. The third kappa shape index (κ3) is 7.52. The summed E-state index contributed by atoms with van der Waals surface area (Å²) < 4.78 is 5.37. The van der Waals surface area contributed by atoms with Crippen molar-refractivity contribution in [3.8, 4) is 5.75 Å². The molecule has 1 N–H and O–H groups in total. The Balaban J connectivity index is 1.72. The Hall–Kier alpha value is -2.47. The summed E-state index contributed by atoms with van der Waals surface area (Å²) in [4.78, 5) is 28.5. The van der Waals surface area contributed by atoms with Gasteiger partial charge in [-0.25, -0.2) is 0 Å². The predicted molar refractivity (Wildman–Crippen MR) is 140 cm³/mol. The molecule has 1 saturated carbocycles. The van der Waals surface area contributed by atoms with E-state index in [0.29, 0.717) is 18.7 Å². The van der Waals surface area contributed by atoms with Crippen LogP contribution in [0.25, 0.3) is 0 Å². The van der Waals surface area contributed by atoms with E-state index in [1.807, 2.05) is 43.3 Å². The molecule has 0 bridgehead atoms. The van der Waals surface area contributed by atoms with Crippen LogP contribution in [-0.4, -0.2) is 41.7 Å². The lowest BCUT2D eigenvalue weighted by Gasteiger charge is -2.33. The first-order chi connectivity index (χ1) is 16.5. The van der Waals surface area contributed by atoms with E-state index in [-0.39, 0.29) is 17.9 Å². The molecule has 1 aliphatic rings. The number of thioether (sulfide) groups is 1. The molecule has 0 spiro atoms. The van der Waals surface area contributed by atoms with Gasteiger partial charge >= 0.3 is 0 Å². The number of hydrogen-bond donors (Lipinski definition) is 1. The van der Waals surface area contributed by atoms with Crippen molar-refractivity contribution >= 4 is 23.6 Å². The molecular formula is C28H38N2O3S. The van der Waals surface area contributed by atoms with E-state index in [0.717, 1.165) is 42.7 Å². The van der Waals surface area contributed by atoms with Gasteiger partial charge in [-0.2, -0.15) is 0 Å². The minimum absolute atomic E-state index is 0.00736. The van der Waals surface area contributed by atoms with Gasteiger partial charge in [-0.3, -0.25) is 9.59 Å². The second-order valence-electron chi connectivity index (χ2n) is 9.06. The Morgan fingerprint density at radius 2 is 1.88 bits per heavy atom. The number of benzene rings is 2. The van der Waals surface area contributed by atoms with Crippen LogP contribution in [0, 0.1) is 6.92 Å². The van der Waals surface area contributed by atoms with E-state index >= 15 is 0 Å². The number of aryl methyl sites for hydroxylation is 1. The van der Waals surface area contributed by atoms with Crippen molar-refractivity contribution in [3.05, 3.63) is 65.2 Å². The van der Waals surface area contributed by atoms with Crippen LogP contribution in [0.5, 0.6) is 5.75 Å². The van der Waals surface area contributed by atoms with Gasteiger partial charge in [0.2, 0.25) is 11.8 Å². The average molecular weight is 483 g/mol. The Morgan fingerprint density at radius 1 is 1.12 bits per heavy atom. The van der Waals surface area contributed by atoms with E-state index in [2.05, 4.69) is 24.4 Å². The minimum atomic E-state index is -0.486. The van der Waals surface area contributed by atoms with E-state index in [1.165, 1.54) is 17.5 Å². The number of carbonyl (C=O) groups is 2. The third-order valence-corrected chi connectivity index (χ3v) is 7.54. The number of ether oxygens (including phenoxy) is 1. The molecule has 34 heavy (non-hydrogen) atoms. The highest BCUT2D eigenvalue weighted by atomic mass is 32.2. The van der Waals surface area contributed by atoms with Gasteiger partial charge in [0.05, 0.1) is 12.9 Å². The molecule has 0 heterocycles. The molecule has 2 amide bonds. The van der Waals surface area contributed by atoms with Crippen molar-refractivity contribution in [1.82, 2.24) is 10.2 Å². The maximum atomic E-state index is 13.5. The molecule has 0 unspecified atom stereocenters. The summed E-state index contributed by atoms with van der Waals surface area (Å²) in [7, 11) is 1.64. The quantitative estimate of drug-likeness (QED) is 0.460. The largest absolute Gasteiger partial charge is 0.497 e. The minimum Gasteiger partial charge on any atom is -0.497 e. The first kappa shape index (κ1) is 26.1. The van der Waals surface area contributed by atoms with Crippen molar-refractivity contribution in [2.75, 3.05) is 12.9 Å². The van der Waals surface area contributed by atoms with Crippen LogP contribution in [0.4, 0.5) is 0 Å². The standard InChI is InChI=1S/C28H38N2O3S/c1-4-26(28(32)29-24-14-6-5-7-15-24)30(18-22-12-10-16-25(17-22)33-3)27(31)20-34-19-23-13-9-8-11-21(23)2/h8-13,16-17,24,26H,4-7,14-15,18-20H2,1-3H3,(H,29,32)/t26-/m1/s1. The molecule has 6 heteroatoms. The molecule has 0 saturated heterocycles. The Labute approximate surface area is 208 Å². The van der Waals surface area contributed by atoms with Crippen molar-refractivity contribution < 1.29 is 14.3 Å². The van der Waals surface area contributed by atoms with Crippen LogP contribution >= 0.6 is 11.8 Å². The monoisotopic (exact) mass is 482 g/mol. The first-order valence-corrected chi connectivity index (χ1v) is 13.5. The van der Waals surface area contributed by atoms with Gasteiger partial charge in [-0.1, -0.05) is 62.6 Å². The number of amides is 2. The molecule has 2 aromatic carbocycles. The normalized spacial score (nSPS) is 14.9. The lowest BCUT2D eigenvalue weighted by molar-refractivity contribution is -0.139. The Kier molecular flexibility index (Phi) is 10.3. The topological polar surface area (TPSA) is 58.6 Å². The van der Waals surface area contributed by atoms with Crippen molar-refractivity contribution in [3.63, 3.8) is 0 Å². The van der Waals surface area contributed by atoms with Crippen molar-refractivity contribution in [1.29, 1.82) is 0 Å². The van der Waals surface area contributed by atoms with Crippen LogP contribution in [0.1, 0.15) is 62.1 Å². The molecule has 3 rings (SSSR count). The Bertz CT molecular complexity index is 943. The fourth-order valence-electron chi connectivity index (χ4n) is 4.53. The SMILES string of the molecule is CC[C@H](C(=O)NC1CCCCC1)N(Cc1cccc(OC)c1)C(=O)CSCc1ccccc1C. The third-order valence-electron chi connectivity index (χ3n) is 6.57. The van der Waals surface area contributed by atoms with Crippen LogP contribution in [-0.2, 0) is 21.9 Å². The number of nitrogens with zero attached hydrogens (tertiary/aromatic N) is 1. The first-order valence-electron chi connectivity index (χ1n) is 12.4. The number of methoxy groups -OCH3 is 1. The molecule has 0 aromatic heterocycles. The number of nitrogens with one attached hydrogen (secondary N) is 1. The van der Waals surface area contributed by atoms with E-state index in [4.69, 9.17) is 4.74 Å². The molecule has 184 valence electrons. The summed E-state index contributed by atoms with van der Waals surface area (Å²) in [5, 5.41) is 3.24. The summed E-state index contributed by atoms with van der Waals surface area (Å²) >= 11 is 1.60. The summed E-state index contributed by atoms with van der Waals surface area (Å²) in [6.45, 7) is 4.46. The molecule has 2 aromatic rings. The van der Waals surface area contributed by atoms with Gasteiger partial charge in [0.1, 0.15) is 11.8 Å². The fraction of sp³-hybridized carbons (Fsp3) is 0.500. The van der Waals surface area contributed by atoms with Crippen LogP contribution in [0.15, 0.2) is 48.5 Å². The lowest BCUT2D eigenvalue weighted by Crippen LogP contribution is -2.52. The highest BCUT2D eigenvalue weighted by molar-refractivity contribution is 7.99. The number of carbonyl (C=O) groups excluding carboxylic acids is 2. The zero-order valence-corrected chi connectivity index (χ0v) is 21.5. The van der Waals surface area contributed by atoms with Crippen molar-refractivity contribution in [2.45, 2.75) is 76.8 Å². The summed E-state index contributed by atoms with van der Waals surface area (Å²) in [6.07, 6.45) is 6.18. The Morgan fingerprint density at radius 3 is 2.59 bits per heavy atom. The van der Waals surface area contributed by atoms with E-state index < -0.39 is 6.04 Å². The smallest absolute Gasteiger partial charge is 0.243 e. The molecule has 1 aliphatic carbocycles. The summed E-state index contributed by atoms with van der Waals surface area (Å²) in [5.74, 6) is 1.82. The fourth-order valence-corrected chi connectivity index (χ4v) is 5.52. The maximum Gasteiger partial charge on any atom is 0.243 e. The lowest BCUT2D eigenvalue weighted by atomic mass is 9.95. The molecule has 5 nitrogen and oxygen atoms in total. The molecular weight excluding hydrogens is 444 g/mol. The number of rotatable bonds is 11. The average Bonchev–Trinajstić information content (AvgIpc) is 2.85. The zero-order valence-electron chi connectivity index (χ0n) is 20.7. The van der Waals surface area contributed by atoms with Gasteiger partial charge < -0.3 is 15.0 Å². The van der Waals surface area contributed by atoms with Gasteiger partial charge in [-0.15, -0.1) is 11.8 Å². The van der Waals surface area contributed by atoms with Gasteiger partial charge in [0.25, 0.3) is 0 Å². The highest BCUT2D eigenvalue weighted by Gasteiger charge is 2.30. The molecule has 0 radical (unpaired) electrons. The van der Waals surface area contributed by atoms with Gasteiger partial charge in [0, 0.05) is 18.3 Å². The highest BCUT2D eigenvalue weighted by Crippen LogP contribution is 2.22. The predicted octanol–water partition coefficient (Wildman–Crippen LogP) is 5.49. The molecule has 1 atom stereocenters. The van der Waals surface area contributed by atoms with E-state index in [1.54, 1.807) is 23.8 Å². The second-order valence-corrected chi connectivity index (χ2v) is 10.0. The van der Waals surface area contributed by atoms with E-state index in [9.17, 15) is 9.59 Å². The molecule has 1 fully saturated rings. The van der Waals surface area contributed by atoms with Crippen LogP contribution in [0.2, 0.25) is 0 Å². The van der Waals surface area contributed by atoms with Gasteiger partial charge in [0.15, 0.2) is 0 Å². The zero-order chi connectivity index (χ0) is 24.3. The van der Waals surface area contributed by atoms with Gasteiger partial charge in [-0.05, 0) is 55.0 Å². The summed E-state index contributed by atoms with van der Waals surface area (Å²) in [6, 6.07) is 15.7. The molecule has 0 aliphatic heterocycles. The second kappa shape index (κ2) is 13.4.